The highest BCUT2D eigenvalue weighted by atomic mass is 32.1. The van der Waals surface area contributed by atoms with Crippen LogP contribution >= 0.6 is 12.2 Å². The van der Waals surface area contributed by atoms with Crippen LogP contribution in [0.2, 0.25) is 0 Å². The van der Waals surface area contributed by atoms with E-state index < -0.39 is 0 Å². The Hall–Kier alpha value is -1.66. The number of hydrogen-bond acceptors (Lipinski definition) is 3. The Morgan fingerprint density at radius 3 is 2.70 bits per heavy atom. The van der Waals surface area contributed by atoms with E-state index in [1.165, 1.54) is 16.8 Å². The zero-order chi connectivity index (χ0) is 16.4. The monoisotopic (exact) mass is 332 g/mol. The van der Waals surface area contributed by atoms with Crippen molar-refractivity contribution >= 4 is 17.9 Å². The van der Waals surface area contributed by atoms with Crippen molar-refractivity contribution < 1.29 is 4.90 Å². The number of aromatic amines is 1. The summed E-state index contributed by atoms with van der Waals surface area (Å²) < 4.78 is 2.83. The van der Waals surface area contributed by atoms with Crippen LogP contribution in [-0.4, -0.2) is 40.9 Å². The number of benzene rings is 1. The summed E-state index contributed by atoms with van der Waals surface area (Å²) in [7, 11) is 0. The Bertz CT molecular complexity index is 725. The smallest absolute Gasteiger partial charge is 0.195 e. The van der Waals surface area contributed by atoms with Crippen LogP contribution in [0.4, 0.5) is 5.69 Å². The van der Waals surface area contributed by atoms with Crippen molar-refractivity contribution in [1.29, 1.82) is 0 Å². The molecule has 1 saturated heterocycles. The average Bonchev–Trinajstić information content (AvgIpc) is 2.91. The topological polar surface area (TPSA) is 41.3 Å². The normalized spacial score (nSPS) is 16.0. The molecule has 124 valence electrons. The first-order valence-corrected chi connectivity index (χ1v) is 8.79. The molecule has 1 aliphatic rings. The number of anilines is 1. The van der Waals surface area contributed by atoms with Crippen molar-refractivity contribution in [2.24, 2.45) is 0 Å². The lowest BCUT2D eigenvalue weighted by Crippen LogP contribution is -3.13. The molecule has 1 aliphatic heterocycles. The van der Waals surface area contributed by atoms with E-state index in [9.17, 15) is 0 Å². The SMILES string of the molecule is CCn1c(C[NH+]2CCN(c3cccc(C)c3C)CC2)n[nH]c1=S. The number of aromatic nitrogens is 3. The molecule has 1 aromatic carbocycles. The second-order valence-electron chi connectivity index (χ2n) is 6.32. The van der Waals surface area contributed by atoms with Crippen molar-refractivity contribution in [3.63, 3.8) is 0 Å². The van der Waals surface area contributed by atoms with Crippen molar-refractivity contribution in [2.45, 2.75) is 33.9 Å². The van der Waals surface area contributed by atoms with Crippen LogP contribution in [-0.2, 0) is 13.1 Å². The first-order chi connectivity index (χ1) is 11.1. The van der Waals surface area contributed by atoms with Gasteiger partial charge in [-0.3, -0.25) is 9.67 Å². The Labute approximate surface area is 142 Å². The van der Waals surface area contributed by atoms with E-state index in [1.807, 2.05) is 0 Å². The van der Waals surface area contributed by atoms with E-state index in [0.29, 0.717) is 0 Å². The van der Waals surface area contributed by atoms with E-state index in [2.05, 4.69) is 58.6 Å². The van der Waals surface area contributed by atoms with Gasteiger partial charge in [0.05, 0.1) is 26.2 Å². The minimum absolute atomic E-state index is 0.732. The maximum absolute atomic E-state index is 5.28. The highest BCUT2D eigenvalue weighted by molar-refractivity contribution is 7.71. The van der Waals surface area contributed by atoms with Crippen molar-refractivity contribution in [2.75, 3.05) is 31.1 Å². The fourth-order valence-electron chi connectivity index (χ4n) is 3.35. The molecule has 6 heteroatoms. The van der Waals surface area contributed by atoms with E-state index in [0.717, 1.165) is 49.9 Å². The van der Waals surface area contributed by atoms with Gasteiger partial charge in [-0.1, -0.05) is 12.1 Å². The Morgan fingerprint density at radius 1 is 1.26 bits per heavy atom. The lowest BCUT2D eigenvalue weighted by Gasteiger charge is -2.34. The van der Waals surface area contributed by atoms with Crippen LogP contribution in [0.3, 0.4) is 0 Å². The molecule has 0 atom stereocenters. The number of piperazine rings is 1. The van der Waals surface area contributed by atoms with Gasteiger partial charge in [-0.2, -0.15) is 5.10 Å². The zero-order valence-corrected chi connectivity index (χ0v) is 15.0. The third-order valence-electron chi connectivity index (χ3n) is 4.95. The molecule has 0 spiro atoms. The third kappa shape index (κ3) is 3.33. The first kappa shape index (κ1) is 16.2. The molecule has 0 unspecified atom stereocenters. The van der Waals surface area contributed by atoms with Gasteiger partial charge in [-0.15, -0.1) is 0 Å². The first-order valence-electron chi connectivity index (χ1n) is 8.39. The van der Waals surface area contributed by atoms with Gasteiger partial charge in [0.25, 0.3) is 0 Å². The zero-order valence-electron chi connectivity index (χ0n) is 14.2. The molecule has 2 heterocycles. The van der Waals surface area contributed by atoms with Gasteiger partial charge in [0.2, 0.25) is 0 Å². The van der Waals surface area contributed by atoms with E-state index in [1.54, 1.807) is 4.90 Å². The summed E-state index contributed by atoms with van der Waals surface area (Å²) in [5.74, 6) is 1.08. The number of hydrogen-bond donors (Lipinski definition) is 2. The second-order valence-corrected chi connectivity index (χ2v) is 6.71. The van der Waals surface area contributed by atoms with Crippen molar-refractivity contribution in [3.05, 3.63) is 39.9 Å². The summed E-state index contributed by atoms with van der Waals surface area (Å²) in [6.07, 6.45) is 0. The molecule has 23 heavy (non-hydrogen) atoms. The number of nitrogens with zero attached hydrogens (tertiary/aromatic N) is 3. The summed E-state index contributed by atoms with van der Waals surface area (Å²) in [5, 5.41) is 7.31. The fraction of sp³-hybridized carbons (Fsp3) is 0.529. The Balaban J connectivity index is 1.64. The molecule has 5 nitrogen and oxygen atoms in total. The molecule has 1 fully saturated rings. The molecule has 0 amide bonds. The molecule has 2 aromatic rings. The molecule has 0 radical (unpaired) electrons. The predicted molar refractivity (Wildman–Crippen MR) is 95.6 cm³/mol. The number of H-pyrrole nitrogens is 1. The summed E-state index contributed by atoms with van der Waals surface area (Å²) in [4.78, 5) is 4.10. The van der Waals surface area contributed by atoms with Crippen molar-refractivity contribution in [3.8, 4) is 0 Å². The van der Waals surface area contributed by atoms with E-state index >= 15 is 0 Å². The minimum atomic E-state index is 0.732. The van der Waals surface area contributed by atoms with Gasteiger partial charge in [-0.05, 0) is 50.2 Å². The Kier molecular flexibility index (Phi) is 4.82. The molecular formula is C17H26N5S+. The number of quaternary nitrogens is 1. The molecule has 0 aliphatic carbocycles. The molecule has 3 rings (SSSR count). The van der Waals surface area contributed by atoms with Gasteiger partial charge in [0, 0.05) is 12.2 Å². The van der Waals surface area contributed by atoms with Gasteiger partial charge in [-0.25, -0.2) is 0 Å². The van der Waals surface area contributed by atoms with E-state index in [4.69, 9.17) is 12.2 Å². The van der Waals surface area contributed by atoms with Crippen LogP contribution < -0.4 is 9.80 Å². The average molecular weight is 332 g/mol. The molecule has 2 N–H and O–H groups in total. The predicted octanol–water partition coefficient (Wildman–Crippen LogP) is 1.48. The maximum Gasteiger partial charge on any atom is 0.195 e. The van der Waals surface area contributed by atoms with Crippen molar-refractivity contribution in [1.82, 2.24) is 14.8 Å². The van der Waals surface area contributed by atoms with Crippen LogP contribution in [0.1, 0.15) is 23.9 Å². The summed E-state index contributed by atoms with van der Waals surface area (Å²) >= 11 is 5.28. The fourth-order valence-corrected chi connectivity index (χ4v) is 3.63. The highest BCUT2D eigenvalue weighted by Crippen LogP contribution is 2.22. The van der Waals surface area contributed by atoms with Crippen LogP contribution in [0, 0.1) is 18.6 Å². The molecular weight excluding hydrogens is 306 g/mol. The Morgan fingerprint density at radius 2 is 2.00 bits per heavy atom. The highest BCUT2D eigenvalue weighted by Gasteiger charge is 2.23. The number of rotatable bonds is 4. The largest absolute Gasteiger partial charge is 0.360 e. The van der Waals surface area contributed by atoms with Crippen LogP contribution in [0.15, 0.2) is 18.2 Å². The summed E-state index contributed by atoms with van der Waals surface area (Å²) in [5.41, 5.74) is 4.17. The summed E-state index contributed by atoms with van der Waals surface area (Å²) in [6.45, 7) is 12.8. The maximum atomic E-state index is 5.28. The van der Waals surface area contributed by atoms with Crippen LogP contribution in [0.5, 0.6) is 0 Å². The van der Waals surface area contributed by atoms with Gasteiger partial charge in [0.1, 0.15) is 6.54 Å². The number of aryl methyl sites for hydroxylation is 1. The number of nitrogens with one attached hydrogen (secondary N) is 2. The van der Waals surface area contributed by atoms with Gasteiger partial charge in [0.15, 0.2) is 10.6 Å². The van der Waals surface area contributed by atoms with E-state index in [-0.39, 0.29) is 0 Å². The molecule has 0 bridgehead atoms. The standard InChI is InChI=1S/C17H25N5S/c1-4-22-16(18-19-17(22)23)12-20-8-10-21(11-9-20)15-7-5-6-13(2)14(15)3/h5-7H,4,8-12H2,1-3H3,(H,19,23)/p+1. The minimum Gasteiger partial charge on any atom is -0.360 e. The van der Waals surface area contributed by atoms with Crippen LogP contribution in [0.25, 0.3) is 0 Å². The lowest BCUT2D eigenvalue weighted by molar-refractivity contribution is -0.915. The quantitative estimate of drug-likeness (QED) is 0.834. The van der Waals surface area contributed by atoms with Gasteiger partial charge < -0.3 is 9.80 Å². The van der Waals surface area contributed by atoms with Gasteiger partial charge >= 0.3 is 0 Å². The molecule has 0 saturated carbocycles. The second kappa shape index (κ2) is 6.84. The molecule has 1 aromatic heterocycles. The lowest BCUT2D eigenvalue weighted by atomic mass is 10.1. The third-order valence-corrected chi connectivity index (χ3v) is 5.26. The summed E-state index contributed by atoms with van der Waals surface area (Å²) in [6, 6.07) is 6.60.